The molecular formula is C17H17N3S. The molecule has 4 heteroatoms. The Hall–Kier alpha value is -2.07. The van der Waals surface area contributed by atoms with Crippen LogP contribution in [0.1, 0.15) is 5.56 Å². The second kappa shape index (κ2) is 6.14. The van der Waals surface area contributed by atoms with Crippen LogP contribution in [-0.4, -0.2) is 24.1 Å². The lowest BCUT2D eigenvalue weighted by Crippen LogP contribution is -2.10. The number of nitrogens with zero attached hydrogens (tertiary/aromatic N) is 3. The highest BCUT2D eigenvalue weighted by Gasteiger charge is 2.06. The third-order valence-corrected chi connectivity index (χ3v) is 4.22. The van der Waals surface area contributed by atoms with E-state index in [0.29, 0.717) is 0 Å². The second-order valence-corrected chi connectivity index (χ2v) is 6.00. The molecule has 3 rings (SSSR count). The summed E-state index contributed by atoms with van der Waals surface area (Å²) in [5.41, 5.74) is 4.44. The van der Waals surface area contributed by atoms with E-state index < -0.39 is 0 Å². The molecule has 3 nitrogen and oxygen atoms in total. The van der Waals surface area contributed by atoms with Crippen molar-refractivity contribution in [1.82, 2.24) is 9.97 Å². The quantitative estimate of drug-likeness (QED) is 0.681. The van der Waals surface area contributed by atoms with Crippen LogP contribution in [0.25, 0.3) is 11.0 Å². The van der Waals surface area contributed by atoms with E-state index in [1.54, 1.807) is 11.8 Å². The first kappa shape index (κ1) is 13.9. The van der Waals surface area contributed by atoms with Gasteiger partial charge in [-0.05, 0) is 23.8 Å². The first-order valence-electron chi connectivity index (χ1n) is 6.84. The standard InChI is InChI=1S/C17H17N3S/c1-20(2)16-10-6-3-7-13(16)12-21-17-11-18-14-8-4-5-9-15(14)19-17/h3-11H,12H2,1-2H3. The summed E-state index contributed by atoms with van der Waals surface area (Å²) in [7, 11) is 4.14. The van der Waals surface area contributed by atoms with Crippen molar-refractivity contribution >= 4 is 28.5 Å². The third kappa shape index (κ3) is 3.16. The van der Waals surface area contributed by atoms with Gasteiger partial charge in [0.1, 0.15) is 5.03 Å². The van der Waals surface area contributed by atoms with Gasteiger partial charge in [0, 0.05) is 25.5 Å². The summed E-state index contributed by atoms with van der Waals surface area (Å²) in [5, 5.41) is 0.960. The highest BCUT2D eigenvalue weighted by molar-refractivity contribution is 7.98. The smallest absolute Gasteiger partial charge is 0.115 e. The first-order chi connectivity index (χ1) is 10.2. The lowest BCUT2D eigenvalue weighted by atomic mass is 10.2. The van der Waals surface area contributed by atoms with E-state index in [4.69, 9.17) is 0 Å². The number of hydrogen-bond acceptors (Lipinski definition) is 4. The number of para-hydroxylation sites is 3. The van der Waals surface area contributed by atoms with Crippen molar-refractivity contribution in [3.63, 3.8) is 0 Å². The number of aromatic nitrogens is 2. The van der Waals surface area contributed by atoms with Gasteiger partial charge < -0.3 is 4.90 Å². The van der Waals surface area contributed by atoms with Gasteiger partial charge in [0.25, 0.3) is 0 Å². The molecule has 0 aliphatic carbocycles. The van der Waals surface area contributed by atoms with E-state index in [1.165, 1.54) is 11.3 Å². The van der Waals surface area contributed by atoms with Gasteiger partial charge in [0.15, 0.2) is 0 Å². The zero-order valence-corrected chi connectivity index (χ0v) is 13.0. The Morgan fingerprint density at radius 2 is 1.67 bits per heavy atom. The summed E-state index contributed by atoms with van der Waals surface area (Å²) in [4.78, 5) is 11.2. The molecule has 0 aliphatic heterocycles. The van der Waals surface area contributed by atoms with Gasteiger partial charge >= 0.3 is 0 Å². The average Bonchev–Trinajstić information content (AvgIpc) is 2.53. The maximum absolute atomic E-state index is 4.65. The van der Waals surface area contributed by atoms with E-state index >= 15 is 0 Å². The fourth-order valence-electron chi connectivity index (χ4n) is 2.23. The summed E-state index contributed by atoms with van der Waals surface area (Å²) < 4.78 is 0. The number of benzene rings is 2. The van der Waals surface area contributed by atoms with Crippen molar-refractivity contribution in [1.29, 1.82) is 0 Å². The van der Waals surface area contributed by atoms with Gasteiger partial charge in [-0.3, -0.25) is 4.98 Å². The summed E-state index contributed by atoms with van der Waals surface area (Å²) in [6.07, 6.45) is 1.85. The molecule has 0 bridgehead atoms. The summed E-state index contributed by atoms with van der Waals surface area (Å²) >= 11 is 1.72. The summed E-state index contributed by atoms with van der Waals surface area (Å²) in [6.45, 7) is 0. The Morgan fingerprint density at radius 3 is 2.48 bits per heavy atom. The third-order valence-electron chi connectivity index (χ3n) is 3.28. The Balaban J connectivity index is 1.80. The van der Waals surface area contributed by atoms with Crippen molar-refractivity contribution in [2.24, 2.45) is 0 Å². The minimum atomic E-state index is 0.890. The maximum Gasteiger partial charge on any atom is 0.115 e. The minimum Gasteiger partial charge on any atom is -0.377 e. The van der Waals surface area contributed by atoms with Gasteiger partial charge in [-0.15, -0.1) is 0 Å². The van der Waals surface area contributed by atoms with E-state index in [-0.39, 0.29) is 0 Å². The second-order valence-electron chi connectivity index (χ2n) is 5.01. The molecule has 0 saturated carbocycles. The van der Waals surface area contributed by atoms with E-state index in [2.05, 4.69) is 53.2 Å². The molecule has 0 saturated heterocycles. The highest BCUT2D eigenvalue weighted by atomic mass is 32.2. The summed E-state index contributed by atoms with van der Waals surface area (Å²) in [5.74, 6) is 0.890. The van der Waals surface area contributed by atoms with Gasteiger partial charge in [-0.1, -0.05) is 42.1 Å². The predicted octanol–water partition coefficient (Wildman–Crippen LogP) is 3.99. The SMILES string of the molecule is CN(C)c1ccccc1CSc1cnc2ccccc2n1. The van der Waals surface area contributed by atoms with Gasteiger partial charge in [0.05, 0.1) is 17.2 Å². The average molecular weight is 295 g/mol. The predicted molar refractivity (Wildman–Crippen MR) is 89.9 cm³/mol. The molecule has 2 aromatic carbocycles. The molecule has 106 valence electrons. The van der Waals surface area contributed by atoms with Crippen LogP contribution in [0.5, 0.6) is 0 Å². The fourth-order valence-corrected chi connectivity index (χ4v) is 3.07. The largest absolute Gasteiger partial charge is 0.377 e. The Morgan fingerprint density at radius 1 is 0.952 bits per heavy atom. The highest BCUT2D eigenvalue weighted by Crippen LogP contribution is 2.27. The molecule has 0 spiro atoms. The molecule has 3 aromatic rings. The lowest BCUT2D eigenvalue weighted by Gasteiger charge is -2.16. The molecule has 0 N–H and O–H groups in total. The Bertz CT molecular complexity index is 756. The van der Waals surface area contributed by atoms with E-state index in [1.807, 2.05) is 30.5 Å². The molecule has 0 fully saturated rings. The molecule has 0 radical (unpaired) electrons. The number of anilines is 1. The first-order valence-corrected chi connectivity index (χ1v) is 7.82. The topological polar surface area (TPSA) is 29.0 Å². The lowest BCUT2D eigenvalue weighted by molar-refractivity contribution is 1.10. The van der Waals surface area contributed by atoms with Gasteiger partial charge in [0.2, 0.25) is 0 Å². The fraction of sp³-hybridized carbons (Fsp3) is 0.176. The number of fused-ring (bicyclic) bond motifs is 1. The number of hydrogen-bond donors (Lipinski definition) is 0. The zero-order chi connectivity index (χ0) is 14.7. The van der Waals surface area contributed by atoms with Crippen LogP contribution in [0.15, 0.2) is 59.8 Å². The summed E-state index contributed by atoms with van der Waals surface area (Å²) in [6, 6.07) is 16.4. The maximum atomic E-state index is 4.65. The monoisotopic (exact) mass is 295 g/mol. The molecule has 0 atom stereocenters. The van der Waals surface area contributed by atoms with Crippen molar-refractivity contribution in [2.75, 3.05) is 19.0 Å². The van der Waals surface area contributed by atoms with Crippen molar-refractivity contribution < 1.29 is 0 Å². The zero-order valence-electron chi connectivity index (χ0n) is 12.2. The molecule has 0 aliphatic rings. The molecule has 1 heterocycles. The van der Waals surface area contributed by atoms with E-state index in [9.17, 15) is 0 Å². The molecular weight excluding hydrogens is 278 g/mol. The Labute approximate surface area is 129 Å². The number of rotatable bonds is 4. The Kier molecular flexibility index (Phi) is 4.06. The van der Waals surface area contributed by atoms with Crippen LogP contribution in [0.2, 0.25) is 0 Å². The van der Waals surface area contributed by atoms with Gasteiger partial charge in [-0.25, -0.2) is 4.98 Å². The van der Waals surface area contributed by atoms with Crippen molar-refractivity contribution in [3.05, 3.63) is 60.3 Å². The van der Waals surface area contributed by atoms with E-state index in [0.717, 1.165) is 21.8 Å². The van der Waals surface area contributed by atoms with Crippen LogP contribution in [-0.2, 0) is 5.75 Å². The van der Waals surface area contributed by atoms with Crippen LogP contribution in [0, 0.1) is 0 Å². The normalized spacial score (nSPS) is 10.8. The van der Waals surface area contributed by atoms with Crippen LogP contribution in [0.3, 0.4) is 0 Å². The number of thioether (sulfide) groups is 1. The molecule has 0 amide bonds. The molecule has 1 aromatic heterocycles. The molecule has 21 heavy (non-hydrogen) atoms. The van der Waals surface area contributed by atoms with Crippen molar-refractivity contribution in [3.8, 4) is 0 Å². The van der Waals surface area contributed by atoms with Crippen LogP contribution >= 0.6 is 11.8 Å². The minimum absolute atomic E-state index is 0.890. The van der Waals surface area contributed by atoms with Crippen LogP contribution in [0.4, 0.5) is 5.69 Å². The van der Waals surface area contributed by atoms with Crippen LogP contribution < -0.4 is 4.90 Å². The molecule has 0 unspecified atom stereocenters. The van der Waals surface area contributed by atoms with Crippen molar-refractivity contribution in [2.45, 2.75) is 10.8 Å². The van der Waals surface area contributed by atoms with Gasteiger partial charge in [-0.2, -0.15) is 0 Å².